The summed E-state index contributed by atoms with van der Waals surface area (Å²) < 4.78 is 21.7. The normalized spacial score (nSPS) is 16.6. The zero-order chi connectivity index (χ0) is 17.6. The van der Waals surface area contributed by atoms with Crippen LogP contribution in [0.2, 0.25) is 0 Å². The van der Waals surface area contributed by atoms with Crippen LogP contribution in [0.1, 0.15) is 45.4 Å². The molecule has 1 fully saturated rings. The van der Waals surface area contributed by atoms with Crippen LogP contribution < -0.4 is 4.80 Å². The van der Waals surface area contributed by atoms with Crippen LogP contribution in [-0.2, 0) is 16.1 Å². The van der Waals surface area contributed by atoms with Crippen molar-refractivity contribution < 1.29 is 13.9 Å². The van der Waals surface area contributed by atoms with Crippen LogP contribution in [0, 0.1) is 11.7 Å². The number of nitrogens with zero attached hydrogens (tertiary/aromatic N) is 2. The number of ether oxygens (including phenoxy) is 1. The molecule has 0 bridgehead atoms. The van der Waals surface area contributed by atoms with E-state index in [1.54, 1.807) is 6.07 Å². The lowest BCUT2D eigenvalue weighted by molar-refractivity contribution is -0.119. The standard InChI is InChI=1S/C19H25FN2O2S/c1-2-24-11-10-22-16-9-8-15(20)13-17(16)25-19(22)21-18(23)12-14-6-4-3-5-7-14/h8-9,13-14H,2-7,10-12H2,1H3. The van der Waals surface area contributed by atoms with Crippen LogP contribution in [0.15, 0.2) is 23.2 Å². The van der Waals surface area contributed by atoms with Gasteiger partial charge in [0, 0.05) is 19.6 Å². The van der Waals surface area contributed by atoms with Crippen LogP contribution in [0.5, 0.6) is 0 Å². The van der Waals surface area contributed by atoms with Crippen molar-refractivity contribution in [3.63, 3.8) is 0 Å². The summed E-state index contributed by atoms with van der Waals surface area (Å²) in [7, 11) is 0. The van der Waals surface area contributed by atoms with Gasteiger partial charge in [-0.15, -0.1) is 0 Å². The van der Waals surface area contributed by atoms with Crippen LogP contribution in [0.3, 0.4) is 0 Å². The SMILES string of the molecule is CCOCCn1c(=NC(=O)CC2CCCCC2)sc2cc(F)ccc21. The first-order valence-electron chi connectivity index (χ1n) is 9.11. The van der Waals surface area contributed by atoms with Crippen molar-refractivity contribution in [1.82, 2.24) is 4.57 Å². The predicted octanol–water partition coefficient (Wildman–Crippen LogP) is 4.28. The average Bonchev–Trinajstić information content (AvgIpc) is 2.92. The van der Waals surface area contributed by atoms with Gasteiger partial charge in [0.25, 0.3) is 0 Å². The highest BCUT2D eigenvalue weighted by Crippen LogP contribution is 2.26. The monoisotopic (exact) mass is 364 g/mol. The molecule has 0 unspecified atom stereocenters. The number of rotatable bonds is 6. The lowest BCUT2D eigenvalue weighted by Crippen LogP contribution is -2.20. The van der Waals surface area contributed by atoms with Crippen molar-refractivity contribution in [2.75, 3.05) is 13.2 Å². The number of aromatic nitrogens is 1. The smallest absolute Gasteiger partial charge is 0.248 e. The molecule has 1 amide bonds. The molecule has 0 aliphatic heterocycles. The minimum absolute atomic E-state index is 0.0657. The molecule has 0 spiro atoms. The highest BCUT2D eigenvalue weighted by Gasteiger charge is 2.17. The first-order chi connectivity index (χ1) is 12.2. The molecule has 0 saturated heterocycles. The summed E-state index contributed by atoms with van der Waals surface area (Å²) in [5.74, 6) is 0.128. The summed E-state index contributed by atoms with van der Waals surface area (Å²) in [6.07, 6.45) is 6.49. The van der Waals surface area contributed by atoms with Crippen LogP contribution in [-0.4, -0.2) is 23.7 Å². The van der Waals surface area contributed by atoms with Gasteiger partial charge in [-0.1, -0.05) is 30.6 Å². The van der Waals surface area contributed by atoms with E-state index in [2.05, 4.69) is 4.99 Å². The molecule has 0 atom stereocenters. The fourth-order valence-electron chi connectivity index (χ4n) is 3.44. The molecule has 1 aliphatic rings. The van der Waals surface area contributed by atoms with E-state index < -0.39 is 0 Å². The Hall–Kier alpha value is -1.53. The first kappa shape index (κ1) is 18.3. The van der Waals surface area contributed by atoms with E-state index >= 15 is 0 Å². The lowest BCUT2D eigenvalue weighted by Gasteiger charge is -2.19. The van der Waals surface area contributed by atoms with E-state index in [4.69, 9.17) is 4.74 Å². The number of hydrogen-bond donors (Lipinski definition) is 0. The molecule has 2 aromatic rings. The van der Waals surface area contributed by atoms with E-state index in [0.29, 0.717) is 36.9 Å². The molecule has 1 saturated carbocycles. The second-order valence-corrected chi connectivity index (χ2v) is 7.57. The van der Waals surface area contributed by atoms with Gasteiger partial charge in [0.05, 0.1) is 16.8 Å². The van der Waals surface area contributed by atoms with Crippen molar-refractivity contribution in [2.24, 2.45) is 10.9 Å². The number of amides is 1. The first-order valence-corrected chi connectivity index (χ1v) is 9.93. The van der Waals surface area contributed by atoms with Gasteiger partial charge in [-0.2, -0.15) is 4.99 Å². The summed E-state index contributed by atoms with van der Waals surface area (Å²) in [6, 6.07) is 4.69. The maximum atomic E-state index is 13.5. The molecule has 1 aromatic carbocycles. The van der Waals surface area contributed by atoms with Gasteiger partial charge in [-0.25, -0.2) is 4.39 Å². The van der Waals surface area contributed by atoms with Gasteiger partial charge in [-0.3, -0.25) is 4.79 Å². The Bertz CT molecular complexity index is 790. The van der Waals surface area contributed by atoms with Crippen molar-refractivity contribution >= 4 is 27.5 Å². The molecular weight excluding hydrogens is 339 g/mol. The van der Waals surface area contributed by atoms with Crippen molar-refractivity contribution in [3.05, 3.63) is 28.8 Å². The summed E-state index contributed by atoms with van der Waals surface area (Å²) in [5, 5.41) is 0. The molecule has 0 radical (unpaired) electrons. The van der Waals surface area contributed by atoms with E-state index in [1.807, 2.05) is 11.5 Å². The van der Waals surface area contributed by atoms with Crippen LogP contribution in [0.4, 0.5) is 4.39 Å². The van der Waals surface area contributed by atoms with E-state index in [9.17, 15) is 9.18 Å². The highest BCUT2D eigenvalue weighted by atomic mass is 32.1. The van der Waals surface area contributed by atoms with Crippen LogP contribution in [0.25, 0.3) is 10.2 Å². The fourth-order valence-corrected chi connectivity index (χ4v) is 4.54. The quantitative estimate of drug-likeness (QED) is 0.718. The second kappa shape index (κ2) is 8.72. The number of halogens is 1. The highest BCUT2D eigenvalue weighted by molar-refractivity contribution is 7.16. The molecule has 3 rings (SSSR count). The number of hydrogen-bond acceptors (Lipinski definition) is 3. The van der Waals surface area contributed by atoms with Gasteiger partial charge in [0.15, 0.2) is 4.80 Å². The molecule has 136 valence electrons. The number of carbonyl (C=O) groups is 1. The maximum absolute atomic E-state index is 13.5. The van der Waals surface area contributed by atoms with Gasteiger partial charge < -0.3 is 9.30 Å². The van der Waals surface area contributed by atoms with Gasteiger partial charge in [-0.05, 0) is 43.9 Å². The third kappa shape index (κ3) is 4.76. The number of thiazole rings is 1. The van der Waals surface area contributed by atoms with Crippen molar-refractivity contribution in [1.29, 1.82) is 0 Å². The summed E-state index contributed by atoms with van der Waals surface area (Å²) in [5.41, 5.74) is 0.898. The topological polar surface area (TPSA) is 43.6 Å². The summed E-state index contributed by atoms with van der Waals surface area (Å²) in [4.78, 5) is 17.4. The molecular formula is C19H25FN2O2S. The van der Waals surface area contributed by atoms with E-state index in [-0.39, 0.29) is 11.7 Å². The Morgan fingerprint density at radius 2 is 2.16 bits per heavy atom. The Kier molecular flexibility index (Phi) is 6.37. The molecule has 0 N–H and O–H groups in total. The number of benzene rings is 1. The lowest BCUT2D eigenvalue weighted by atomic mass is 9.87. The molecule has 1 heterocycles. The Morgan fingerprint density at radius 1 is 1.36 bits per heavy atom. The third-order valence-corrected chi connectivity index (χ3v) is 5.76. The van der Waals surface area contributed by atoms with Gasteiger partial charge in [0.2, 0.25) is 5.91 Å². The third-order valence-electron chi connectivity index (χ3n) is 4.72. The average molecular weight is 364 g/mol. The number of fused-ring (bicyclic) bond motifs is 1. The van der Waals surface area contributed by atoms with E-state index in [0.717, 1.165) is 23.1 Å². The Balaban J connectivity index is 1.86. The molecule has 1 aromatic heterocycles. The van der Waals surface area contributed by atoms with E-state index in [1.165, 1.54) is 42.7 Å². The molecule has 25 heavy (non-hydrogen) atoms. The number of carbonyl (C=O) groups excluding carboxylic acids is 1. The molecule has 1 aliphatic carbocycles. The van der Waals surface area contributed by atoms with Gasteiger partial charge >= 0.3 is 0 Å². The van der Waals surface area contributed by atoms with Crippen molar-refractivity contribution in [2.45, 2.75) is 52.0 Å². The van der Waals surface area contributed by atoms with Crippen LogP contribution >= 0.6 is 11.3 Å². The molecule has 4 nitrogen and oxygen atoms in total. The Morgan fingerprint density at radius 3 is 2.92 bits per heavy atom. The maximum Gasteiger partial charge on any atom is 0.248 e. The summed E-state index contributed by atoms with van der Waals surface area (Å²) >= 11 is 1.37. The van der Waals surface area contributed by atoms with Crippen molar-refractivity contribution in [3.8, 4) is 0 Å². The minimum Gasteiger partial charge on any atom is -0.380 e. The fraction of sp³-hybridized carbons (Fsp3) is 0.579. The Labute approximate surface area is 151 Å². The zero-order valence-electron chi connectivity index (χ0n) is 14.7. The molecule has 6 heteroatoms. The van der Waals surface area contributed by atoms with Gasteiger partial charge in [0.1, 0.15) is 5.82 Å². The second-order valence-electron chi connectivity index (χ2n) is 6.56. The zero-order valence-corrected chi connectivity index (χ0v) is 15.5. The summed E-state index contributed by atoms with van der Waals surface area (Å²) in [6.45, 7) is 3.74. The largest absolute Gasteiger partial charge is 0.380 e. The minimum atomic E-state index is -0.272. The predicted molar refractivity (Wildman–Crippen MR) is 98.0 cm³/mol.